The van der Waals surface area contributed by atoms with Crippen LogP contribution in [0.2, 0.25) is 5.02 Å². The Morgan fingerprint density at radius 3 is 2.52 bits per heavy atom. The number of fused-ring (bicyclic) bond motifs is 1. The van der Waals surface area contributed by atoms with E-state index in [-0.39, 0.29) is 33.7 Å². The topological polar surface area (TPSA) is 99.4 Å². The first-order chi connectivity index (χ1) is 12.8. The lowest BCUT2D eigenvalue weighted by Crippen LogP contribution is -2.25. The van der Waals surface area contributed by atoms with E-state index in [1.807, 2.05) is 0 Å². The molecule has 1 aromatic carbocycles. The van der Waals surface area contributed by atoms with Crippen molar-refractivity contribution >= 4 is 23.3 Å². The minimum Gasteiger partial charge on any atom is -0.448 e. The summed E-state index contributed by atoms with van der Waals surface area (Å²) in [7, 11) is 0. The van der Waals surface area contributed by atoms with Gasteiger partial charge in [0, 0.05) is 11.6 Å². The number of anilines is 1. The second-order valence-electron chi connectivity index (χ2n) is 5.44. The van der Waals surface area contributed by atoms with E-state index in [9.17, 15) is 13.6 Å². The molecular weight excluding hydrogens is 386 g/mol. The molecule has 1 amide bonds. The van der Waals surface area contributed by atoms with E-state index < -0.39 is 12.2 Å². The molecule has 0 spiro atoms. The number of aromatic nitrogens is 3. The number of rotatable bonds is 3. The number of hydrogen-bond donors (Lipinski definition) is 1. The van der Waals surface area contributed by atoms with Gasteiger partial charge >= 0.3 is 6.29 Å². The second-order valence-corrected chi connectivity index (χ2v) is 5.85. The van der Waals surface area contributed by atoms with E-state index in [4.69, 9.17) is 16.0 Å². The molecular formula is C16H9ClF2N4O4. The molecule has 0 aliphatic carbocycles. The number of oxazole rings is 1. The molecule has 0 radical (unpaired) electrons. The van der Waals surface area contributed by atoms with Gasteiger partial charge < -0.3 is 19.2 Å². The van der Waals surface area contributed by atoms with Crippen molar-refractivity contribution in [3.8, 4) is 22.8 Å². The minimum atomic E-state index is -3.75. The summed E-state index contributed by atoms with van der Waals surface area (Å²) in [4.78, 5) is 24.1. The summed E-state index contributed by atoms with van der Waals surface area (Å²) in [6.45, 7) is 1.60. The average molecular weight is 395 g/mol. The lowest BCUT2D eigenvalue weighted by molar-refractivity contribution is -0.286. The first-order valence-corrected chi connectivity index (χ1v) is 7.83. The number of alkyl halides is 2. The molecule has 4 rings (SSSR count). The number of aryl methyl sites for hydroxylation is 1. The number of hydrogen-bond acceptors (Lipinski definition) is 7. The number of carbonyl (C=O) groups is 1. The third-order valence-electron chi connectivity index (χ3n) is 3.62. The summed E-state index contributed by atoms with van der Waals surface area (Å²) in [5.41, 5.74) is 0.729. The third kappa shape index (κ3) is 3.26. The summed E-state index contributed by atoms with van der Waals surface area (Å²) in [6.07, 6.45) is 0.0263. The fourth-order valence-electron chi connectivity index (χ4n) is 2.40. The molecule has 1 aliphatic rings. The van der Waals surface area contributed by atoms with Crippen LogP contribution in [0.4, 0.5) is 14.6 Å². The molecule has 0 unspecified atom stereocenters. The summed E-state index contributed by atoms with van der Waals surface area (Å²) >= 11 is 6.11. The number of amides is 1. The van der Waals surface area contributed by atoms with E-state index >= 15 is 0 Å². The van der Waals surface area contributed by atoms with Gasteiger partial charge in [0.2, 0.25) is 0 Å². The number of carbonyl (C=O) groups excluding carboxylic acids is 1. The Hall–Kier alpha value is -3.27. The molecule has 0 saturated heterocycles. The highest BCUT2D eigenvalue weighted by atomic mass is 35.5. The van der Waals surface area contributed by atoms with E-state index in [1.54, 1.807) is 6.92 Å². The van der Waals surface area contributed by atoms with E-state index in [0.29, 0.717) is 11.3 Å². The summed E-state index contributed by atoms with van der Waals surface area (Å²) in [5.74, 6) is -0.323. The van der Waals surface area contributed by atoms with Gasteiger partial charge in [0.15, 0.2) is 29.4 Å². The molecule has 0 saturated carbocycles. The Labute approximate surface area is 155 Å². The fraction of sp³-hybridized carbons (Fsp3) is 0.125. The first kappa shape index (κ1) is 17.2. The van der Waals surface area contributed by atoms with Gasteiger partial charge in [-0.25, -0.2) is 9.97 Å². The van der Waals surface area contributed by atoms with Crippen molar-refractivity contribution in [3.05, 3.63) is 47.4 Å². The van der Waals surface area contributed by atoms with Gasteiger partial charge in [0.25, 0.3) is 5.91 Å². The zero-order valence-electron chi connectivity index (χ0n) is 13.5. The van der Waals surface area contributed by atoms with Crippen LogP contribution in [0.5, 0.6) is 11.5 Å². The molecule has 0 fully saturated rings. The molecule has 138 valence electrons. The van der Waals surface area contributed by atoms with Crippen LogP contribution in [-0.2, 0) is 0 Å². The zero-order valence-corrected chi connectivity index (χ0v) is 14.3. The van der Waals surface area contributed by atoms with Gasteiger partial charge in [-0.05, 0) is 13.0 Å². The quantitative estimate of drug-likeness (QED) is 0.723. The monoisotopic (exact) mass is 394 g/mol. The number of ether oxygens (including phenoxy) is 2. The highest BCUT2D eigenvalue weighted by Crippen LogP contribution is 2.45. The van der Waals surface area contributed by atoms with Crippen molar-refractivity contribution < 1.29 is 27.5 Å². The van der Waals surface area contributed by atoms with Crippen LogP contribution < -0.4 is 14.8 Å². The average Bonchev–Trinajstić information content (AvgIpc) is 3.16. The van der Waals surface area contributed by atoms with Crippen molar-refractivity contribution in [1.82, 2.24) is 15.0 Å². The molecule has 2 aromatic heterocycles. The van der Waals surface area contributed by atoms with Gasteiger partial charge in [-0.2, -0.15) is 0 Å². The van der Waals surface area contributed by atoms with Gasteiger partial charge in [-0.1, -0.05) is 11.6 Å². The van der Waals surface area contributed by atoms with Crippen LogP contribution in [0.3, 0.4) is 0 Å². The zero-order chi connectivity index (χ0) is 19.2. The Bertz CT molecular complexity index is 1040. The highest BCUT2D eigenvalue weighted by molar-refractivity contribution is 6.33. The van der Waals surface area contributed by atoms with Crippen molar-refractivity contribution in [2.45, 2.75) is 13.2 Å². The molecule has 1 N–H and O–H groups in total. The largest absolute Gasteiger partial charge is 0.586 e. The maximum absolute atomic E-state index is 13.2. The van der Waals surface area contributed by atoms with Crippen LogP contribution in [0, 0.1) is 6.92 Å². The summed E-state index contributed by atoms with van der Waals surface area (Å²) in [6, 6.07) is 2.48. The molecule has 0 bridgehead atoms. The Balaban J connectivity index is 1.57. The van der Waals surface area contributed by atoms with Crippen molar-refractivity contribution in [2.75, 3.05) is 5.32 Å². The van der Waals surface area contributed by atoms with Crippen LogP contribution in [-0.4, -0.2) is 27.2 Å². The predicted octanol–water partition coefficient (Wildman–Crippen LogP) is 3.67. The third-order valence-corrected chi connectivity index (χ3v) is 3.93. The highest BCUT2D eigenvalue weighted by Gasteiger charge is 2.43. The molecule has 27 heavy (non-hydrogen) atoms. The van der Waals surface area contributed by atoms with Crippen LogP contribution in [0.15, 0.2) is 35.3 Å². The molecule has 3 aromatic rings. The fourth-order valence-corrected chi connectivity index (χ4v) is 2.65. The number of nitrogens with one attached hydrogen (secondary N) is 1. The van der Waals surface area contributed by atoms with Gasteiger partial charge in [0.1, 0.15) is 5.76 Å². The number of nitrogens with zero attached hydrogens (tertiary/aromatic N) is 3. The smallest absolute Gasteiger partial charge is 0.448 e. The molecule has 0 atom stereocenters. The van der Waals surface area contributed by atoms with Crippen LogP contribution in [0.1, 0.15) is 16.2 Å². The lowest BCUT2D eigenvalue weighted by Gasteiger charge is -2.07. The maximum Gasteiger partial charge on any atom is 0.586 e. The maximum atomic E-state index is 13.2. The van der Waals surface area contributed by atoms with E-state index in [0.717, 1.165) is 6.39 Å². The Morgan fingerprint density at radius 1 is 1.15 bits per heavy atom. The van der Waals surface area contributed by atoms with Gasteiger partial charge in [-0.15, -0.1) is 8.78 Å². The van der Waals surface area contributed by atoms with Crippen molar-refractivity contribution in [2.24, 2.45) is 0 Å². The number of halogens is 3. The second kappa shape index (κ2) is 6.16. The first-order valence-electron chi connectivity index (χ1n) is 7.45. The molecule has 11 heteroatoms. The van der Waals surface area contributed by atoms with E-state index in [2.05, 4.69) is 29.7 Å². The van der Waals surface area contributed by atoms with Gasteiger partial charge in [-0.3, -0.25) is 9.78 Å². The normalized spacial score (nSPS) is 14.2. The molecule has 3 heterocycles. The number of benzene rings is 1. The SMILES string of the molecule is Cc1ocnc1C(=O)Nc1cnc(-c2cc3c(cc2Cl)OC(F)(F)O3)cn1. The van der Waals surface area contributed by atoms with E-state index in [1.165, 1.54) is 24.5 Å². The summed E-state index contributed by atoms with van der Waals surface area (Å²) in [5, 5.41) is 2.64. The minimum absolute atomic E-state index is 0.124. The standard InChI is InChI=1S/C16H9ClF2N4O4/c1-7-14(22-6-25-7)15(24)23-13-5-20-10(4-21-13)8-2-11-12(3-9(8)17)27-16(18,19)26-11/h2-6H,1H3,(H,21,23,24). The van der Waals surface area contributed by atoms with Crippen molar-refractivity contribution in [3.63, 3.8) is 0 Å². The Morgan fingerprint density at radius 2 is 1.89 bits per heavy atom. The molecule has 8 nitrogen and oxygen atoms in total. The summed E-state index contributed by atoms with van der Waals surface area (Å²) < 4.78 is 40.0. The van der Waals surface area contributed by atoms with Crippen molar-refractivity contribution in [1.29, 1.82) is 0 Å². The van der Waals surface area contributed by atoms with Crippen LogP contribution >= 0.6 is 11.6 Å². The lowest BCUT2D eigenvalue weighted by atomic mass is 10.1. The predicted molar refractivity (Wildman–Crippen MR) is 87.9 cm³/mol. The van der Waals surface area contributed by atoms with Gasteiger partial charge in [0.05, 0.1) is 23.1 Å². The van der Waals surface area contributed by atoms with Crippen LogP contribution in [0.25, 0.3) is 11.3 Å². The Kier molecular flexibility index (Phi) is 3.92. The molecule has 1 aliphatic heterocycles.